The van der Waals surface area contributed by atoms with Crippen LogP contribution in [0.2, 0.25) is 0 Å². The smallest absolute Gasteiger partial charge is 0.256 e. The number of ether oxygens (including phenoxy) is 1. The van der Waals surface area contributed by atoms with Crippen LogP contribution in [0, 0.1) is 23.7 Å². The van der Waals surface area contributed by atoms with Gasteiger partial charge in [-0.3, -0.25) is 10.2 Å². The van der Waals surface area contributed by atoms with E-state index < -0.39 is 11.3 Å². The molecule has 11 heteroatoms. The maximum atomic E-state index is 12.8. The van der Waals surface area contributed by atoms with Crippen LogP contribution in [0.3, 0.4) is 0 Å². The third-order valence-corrected chi connectivity index (χ3v) is 6.00. The number of nitrogens with one attached hydrogen (secondary N) is 4. The Labute approximate surface area is 215 Å². The molecule has 2 aromatic heterocycles. The zero-order chi connectivity index (χ0) is 26.6. The second-order valence-corrected chi connectivity index (χ2v) is 10.1. The molecular formula is C26H32N8O3. The van der Waals surface area contributed by atoms with Gasteiger partial charge in [-0.05, 0) is 31.0 Å². The lowest BCUT2D eigenvalue weighted by Crippen LogP contribution is -2.29. The molecule has 4 rings (SSSR count). The summed E-state index contributed by atoms with van der Waals surface area (Å²) in [5.41, 5.74) is 2.48. The van der Waals surface area contributed by atoms with Gasteiger partial charge in [0.2, 0.25) is 5.95 Å². The third kappa shape index (κ3) is 6.56. The van der Waals surface area contributed by atoms with Gasteiger partial charge in [-0.15, -0.1) is 0 Å². The van der Waals surface area contributed by atoms with E-state index in [-0.39, 0.29) is 11.6 Å². The Bertz CT molecular complexity index is 1340. The highest BCUT2D eigenvalue weighted by Crippen LogP contribution is 2.26. The number of allylic oxidation sites excluding steroid dienone is 1. The molecule has 0 radical (unpaired) electrons. The molecule has 0 spiro atoms. The van der Waals surface area contributed by atoms with Crippen molar-refractivity contribution < 1.29 is 14.6 Å². The first-order valence-corrected chi connectivity index (χ1v) is 12.1. The summed E-state index contributed by atoms with van der Waals surface area (Å²) >= 11 is 0. The molecule has 0 saturated carbocycles. The molecule has 194 valence electrons. The number of benzene rings is 1. The number of anilines is 3. The topological polar surface area (TPSA) is 158 Å². The lowest BCUT2D eigenvalue weighted by Gasteiger charge is -2.17. The lowest BCUT2D eigenvalue weighted by molar-refractivity contribution is 0.0977. The van der Waals surface area contributed by atoms with Gasteiger partial charge in [-0.25, -0.2) is 19.9 Å². The van der Waals surface area contributed by atoms with Gasteiger partial charge in [0, 0.05) is 41.8 Å². The zero-order valence-electron chi connectivity index (χ0n) is 21.4. The SMILES string of the molecule is Cc1ccc(C(=O)NC(=N)/C=C(\O)C(C)(C)C)cc1Nc1ncnc2cnc(NCC3CCOC3)nc12. The number of aliphatic hydroxyl groups is 1. The van der Waals surface area contributed by atoms with E-state index in [9.17, 15) is 9.90 Å². The first-order valence-electron chi connectivity index (χ1n) is 12.1. The average molecular weight is 505 g/mol. The summed E-state index contributed by atoms with van der Waals surface area (Å²) < 4.78 is 5.43. The van der Waals surface area contributed by atoms with Crippen molar-refractivity contribution in [2.45, 2.75) is 34.1 Å². The van der Waals surface area contributed by atoms with Gasteiger partial charge in [0.15, 0.2) is 5.82 Å². The molecule has 1 aliphatic rings. The predicted octanol–water partition coefficient (Wildman–Crippen LogP) is 4.12. The van der Waals surface area contributed by atoms with Crippen LogP contribution >= 0.6 is 0 Å². The highest BCUT2D eigenvalue weighted by atomic mass is 16.5. The van der Waals surface area contributed by atoms with E-state index in [1.165, 1.54) is 12.4 Å². The highest BCUT2D eigenvalue weighted by molar-refractivity contribution is 6.09. The fraction of sp³-hybridized carbons (Fsp3) is 0.385. The van der Waals surface area contributed by atoms with E-state index in [0.29, 0.717) is 40.0 Å². The van der Waals surface area contributed by atoms with Crippen LogP contribution in [0.5, 0.6) is 0 Å². The Morgan fingerprint density at radius 2 is 2.08 bits per heavy atom. The molecule has 3 heterocycles. The standard InChI is InChI=1S/C26H32N8O3/c1-15-5-6-17(24(36)33-21(27)10-20(35)26(2,3)4)9-18(15)32-23-22-19(30-14-31-23)12-29-25(34-22)28-11-16-7-8-37-13-16/h5-6,9-10,12,14,16,35H,7-8,11,13H2,1-4H3,(H2,27,33,36)(H,28,29,34)(H,30,31,32)/b20-10-. The minimum absolute atomic E-state index is 0.00660. The van der Waals surface area contributed by atoms with Gasteiger partial charge < -0.3 is 25.8 Å². The Balaban J connectivity index is 1.53. The Morgan fingerprint density at radius 3 is 2.81 bits per heavy atom. The quantitative estimate of drug-likeness (QED) is 0.181. The molecule has 11 nitrogen and oxygen atoms in total. The first-order chi connectivity index (χ1) is 17.6. The number of nitrogens with zero attached hydrogens (tertiary/aromatic N) is 4. The number of hydrogen-bond donors (Lipinski definition) is 5. The van der Waals surface area contributed by atoms with Crippen LogP contribution in [0.1, 0.15) is 43.1 Å². The summed E-state index contributed by atoms with van der Waals surface area (Å²) in [5.74, 6) is 0.721. The number of carbonyl (C=O) groups excluding carboxylic acids is 1. The summed E-state index contributed by atoms with van der Waals surface area (Å²) in [6.45, 7) is 9.58. The van der Waals surface area contributed by atoms with Crippen molar-refractivity contribution in [3.63, 3.8) is 0 Å². The van der Waals surface area contributed by atoms with Crippen molar-refractivity contribution in [3.05, 3.63) is 53.7 Å². The van der Waals surface area contributed by atoms with E-state index in [4.69, 9.17) is 10.1 Å². The predicted molar refractivity (Wildman–Crippen MR) is 142 cm³/mol. The molecule has 0 bridgehead atoms. The van der Waals surface area contributed by atoms with E-state index in [2.05, 4.69) is 35.9 Å². The van der Waals surface area contributed by atoms with Crippen molar-refractivity contribution in [1.29, 1.82) is 5.41 Å². The van der Waals surface area contributed by atoms with Gasteiger partial charge in [0.05, 0.1) is 12.8 Å². The van der Waals surface area contributed by atoms with Crippen molar-refractivity contribution in [3.8, 4) is 0 Å². The molecule has 1 fully saturated rings. The zero-order valence-corrected chi connectivity index (χ0v) is 21.4. The molecule has 5 N–H and O–H groups in total. The van der Waals surface area contributed by atoms with Crippen molar-refractivity contribution >= 4 is 40.2 Å². The Morgan fingerprint density at radius 1 is 1.27 bits per heavy atom. The van der Waals surface area contributed by atoms with Crippen molar-refractivity contribution in [2.24, 2.45) is 11.3 Å². The fourth-order valence-corrected chi connectivity index (χ4v) is 3.62. The largest absolute Gasteiger partial charge is 0.512 e. The highest BCUT2D eigenvalue weighted by Gasteiger charge is 2.18. The van der Waals surface area contributed by atoms with Gasteiger partial charge in [0.25, 0.3) is 5.91 Å². The monoisotopic (exact) mass is 504 g/mol. The van der Waals surface area contributed by atoms with E-state index in [0.717, 1.165) is 31.7 Å². The molecule has 3 aromatic rings. The van der Waals surface area contributed by atoms with Crippen LogP contribution in [-0.4, -0.2) is 56.5 Å². The summed E-state index contributed by atoms with van der Waals surface area (Å²) in [6.07, 6.45) is 5.32. The molecule has 1 aliphatic heterocycles. The molecular weight excluding hydrogens is 472 g/mol. The third-order valence-electron chi connectivity index (χ3n) is 6.00. The number of hydrogen-bond acceptors (Lipinski definition) is 10. The van der Waals surface area contributed by atoms with Gasteiger partial charge in [-0.2, -0.15) is 0 Å². The maximum Gasteiger partial charge on any atom is 0.256 e. The number of amides is 1. The second kappa shape index (κ2) is 10.9. The van der Waals surface area contributed by atoms with E-state index in [1.807, 2.05) is 27.7 Å². The van der Waals surface area contributed by atoms with E-state index in [1.54, 1.807) is 24.4 Å². The second-order valence-electron chi connectivity index (χ2n) is 10.1. The normalized spacial score (nSPS) is 16.0. The van der Waals surface area contributed by atoms with Crippen LogP contribution in [0.4, 0.5) is 17.5 Å². The summed E-state index contributed by atoms with van der Waals surface area (Å²) in [6, 6.07) is 5.16. The van der Waals surface area contributed by atoms with Gasteiger partial charge in [0.1, 0.15) is 29.0 Å². The van der Waals surface area contributed by atoms with E-state index >= 15 is 0 Å². The number of fused-ring (bicyclic) bond motifs is 1. The summed E-state index contributed by atoms with van der Waals surface area (Å²) in [7, 11) is 0. The summed E-state index contributed by atoms with van der Waals surface area (Å²) in [5, 5.41) is 27.2. The molecule has 1 atom stereocenters. The van der Waals surface area contributed by atoms with Crippen LogP contribution in [-0.2, 0) is 4.74 Å². The number of carbonyl (C=O) groups is 1. The van der Waals surface area contributed by atoms with Crippen LogP contribution in [0.15, 0.2) is 42.6 Å². The van der Waals surface area contributed by atoms with Crippen molar-refractivity contribution in [1.82, 2.24) is 25.3 Å². The Kier molecular flexibility index (Phi) is 7.63. The minimum Gasteiger partial charge on any atom is -0.512 e. The van der Waals surface area contributed by atoms with Gasteiger partial charge >= 0.3 is 0 Å². The van der Waals surface area contributed by atoms with Gasteiger partial charge in [-0.1, -0.05) is 26.8 Å². The van der Waals surface area contributed by atoms with Crippen molar-refractivity contribution in [2.75, 3.05) is 30.4 Å². The maximum absolute atomic E-state index is 12.8. The van der Waals surface area contributed by atoms with Crippen LogP contribution < -0.4 is 16.0 Å². The Hall–Kier alpha value is -4.12. The fourth-order valence-electron chi connectivity index (χ4n) is 3.62. The number of aromatic nitrogens is 4. The first kappa shape index (κ1) is 26.0. The summed E-state index contributed by atoms with van der Waals surface area (Å²) in [4.78, 5) is 30.4. The average Bonchev–Trinajstić information content (AvgIpc) is 3.37. The molecule has 1 aromatic carbocycles. The number of rotatable bonds is 7. The molecule has 0 aliphatic carbocycles. The number of aliphatic hydroxyl groups excluding tert-OH is 1. The molecule has 1 saturated heterocycles. The lowest BCUT2D eigenvalue weighted by atomic mass is 9.93. The minimum atomic E-state index is -0.526. The molecule has 1 amide bonds. The number of amidine groups is 1. The number of aryl methyl sites for hydroxylation is 1. The molecule has 37 heavy (non-hydrogen) atoms. The van der Waals surface area contributed by atoms with Crippen LogP contribution in [0.25, 0.3) is 11.0 Å². The molecule has 1 unspecified atom stereocenters.